The lowest BCUT2D eigenvalue weighted by Crippen LogP contribution is -2.29. The molecule has 6 heteroatoms. The number of nitrogen functional groups attached to an aromatic ring is 1. The fourth-order valence-corrected chi connectivity index (χ4v) is 3.60. The maximum absolute atomic E-state index is 12.1. The van der Waals surface area contributed by atoms with Crippen molar-refractivity contribution in [1.82, 2.24) is 4.72 Å². The number of hydrogen-bond donors (Lipinski definition) is 2. The summed E-state index contributed by atoms with van der Waals surface area (Å²) in [5.74, 6) is 1.23. The Morgan fingerprint density at radius 3 is 2.61 bits per heavy atom. The van der Waals surface area contributed by atoms with E-state index >= 15 is 0 Å². The van der Waals surface area contributed by atoms with Crippen LogP contribution in [0.5, 0.6) is 0 Å². The Labute approximate surface area is 113 Å². The van der Waals surface area contributed by atoms with E-state index in [-0.39, 0.29) is 4.90 Å². The molecule has 1 rings (SSSR count). The van der Waals surface area contributed by atoms with Crippen molar-refractivity contribution in [2.24, 2.45) is 5.92 Å². The Morgan fingerprint density at radius 1 is 1.39 bits per heavy atom. The molecule has 1 unspecified atom stereocenters. The number of hydrogen-bond acceptors (Lipinski definition) is 4. The van der Waals surface area contributed by atoms with Crippen LogP contribution in [0.2, 0.25) is 0 Å². The number of benzene rings is 1. The molecule has 0 saturated carbocycles. The van der Waals surface area contributed by atoms with Crippen LogP contribution in [0, 0.1) is 12.8 Å². The molecule has 0 amide bonds. The lowest BCUT2D eigenvalue weighted by molar-refractivity contribution is 0.562. The SMILES string of the molecule is CSCC(C)CNS(=O)(=O)c1cc(C)cc(N)c1. The minimum absolute atomic E-state index is 0.233. The fourth-order valence-electron chi connectivity index (χ4n) is 1.61. The molecule has 4 nitrogen and oxygen atoms in total. The monoisotopic (exact) mass is 288 g/mol. The van der Waals surface area contributed by atoms with E-state index in [1.165, 1.54) is 6.07 Å². The lowest BCUT2D eigenvalue weighted by Gasteiger charge is -2.12. The van der Waals surface area contributed by atoms with E-state index in [1.54, 1.807) is 23.9 Å². The van der Waals surface area contributed by atoms with Crippen LogP contribution in [0.1, 0.15) is 12.5 Å². The quantitative estimate of drug-likeness (QED) is 0.784. The van der Waals surface area contributed by atoms with Crippen LogP contribution in [0.25, 0.3) is 0 Å². The molecule has 0 aliphatic heterocycles. The zero-order chi connectivity index (χ0) is 13.8. The summed E-state index contributed by atoms with van der Waals surface area (Å²) in [6, 6.07) is 4.85. The van der Waals surface area contributed by atoms with Gasteiger partial charge in [-0.15, -0.1) is 0 Å². The largest absolute Gasteiger partial charge is 0.399 e. The molecule has 1 aromatic carbocycles. The number of sulfonamides is 1. The van der Waals surface area contributed by atoms with Crippen LogP contribution >= 0.6 is 11.8 Å². The first-order valence-electron chi connectivity index (χ1n) is 5.71. The first kappa shape index (κ1) is 15.3. The predicted octanol–water partition coefficient (Wildman–Crippen LogP) is 1.85. The number of rotatable bonds is 6. The van der Waals surface area contributed by atoms with Gasteiger partial charge in [-0.2, -0.15) is 11.8 Å². The summed E-state index contributed by atoms with van der Waals surface area (Å²) in [4.78, 5) is 0.233. The average molecular weight is 288 g/mol. The molecule has 0 spiro atoms. The third-order valence-corrected chi connectivity index (χ3v) is 4.76. The molecule has 0 aliphatic rings. The third-order valence-electron chi connectivity index (χ3n) is 2.46. The number of nitrogens with one attached hydrogen (secondary N) is 1. The Bertz CT molecular complexity index is 481. The van der Waals surface area contributed by atoms with Crippen LogP contribution in [0.15, 0.2) is 23.1 Å². The molecule has 0 bridgehead atoms. The van der Waals surface area contributed by atoms with Gasteiger partial charge in [0.1, 0.15) is 0 Å². The third kappa shape index (κ3) is 4.51. The van der Waals surface area contributed by atoms with Crippen LogP contribution in [0.3, 0.4) is 0 Å². The highest BCUT2D eigenvalue weighted by Gasteiger charge is 2.15. The van der Waals surface area contributed by atoms with Crippen molar-refractivity contribution in [2.75, 3.05) is 24.3 Å². The highest BCUT2D eigenvalue weighted by Crippen LogP contribution is 2.16. The maximum atomic E-state index is 12.1. The summed E-state index contributed by atoms with van der Waals surface area (Å²) >= 11 is 1.71. The molecule has 1 atom stereocenters. The number of thioether (sulfide) groups is 1. The van der Waals surface area contributed by atoms with Crippen molar-refractivity contribution in [1.29, 1.82) is 0 Å². The highest BCUT2D eigenvalue weighted by atomic mass is 32.2. The summed E-state index contributed by atoms with van der Waals surface area (Å²) in [6.07, 6.45) is 2.01. The molecule has 102 valence electrons. The summed E-state index contributed by atoms with van der Waals surface area (Å²) in [5.41, 5.74) is 6.97. The first-order chi connectivity index (χ1) is 8.35. The molecular formula is C12H20N2O2S2. The normalized spacial score (nSPS) is 13.5. The smallest absolute Gasteiger partial charge is 0.240 e. The predicted molar refractivity (Wildman–Crippen MR) is 78.3 cm³/mol. The van der Waals surface area contributed by atoms with Gasteiger partial charge in [-0.25, -0.2) is 13.1 Å². The lowest BCUT2D eigenvalue weighted by atomic mass is 10.2. The zero-order valence-electron chi connectivity index (χ0n) is 10.9. The van der Waals surface area contributed by atoms with E-state index in [2.05, 4.69) is 4.72 Å². The minimum Gasteiger partial charge on any atom is -0.399 e. The standard InChI is InChI=1S/C12H20N2O2S2/c1-9-4-11(13)6-12(5-9)18(15,16)14-7-10(2)8-17-3/h4-6,10,14H,7-8,13H2,1-3H3. The summed E-state index contributed by atoms with van der Waals surface area (Å²) in [6.45, 7) is 4.28. The number of aryl methyl sites for hydroxylation is 1. The zero-order valence-corrected chi connectivity index (χ0v) is 12.6. The van der Waals surface area contributed by atoms with E-state index in [4.69, 9.17) is 5.73 Å². The fraction of sp³-hybridized carbons (Fsp3) is 0.500. The van der Waals surface area contributed by atoms with Gasteiger partial charge in [0.2, 0.25) is 10.0 Å². The van der Waals surface area contributed by atoms with E-state index < -0.39 is 10.0 Å². The molecule has 0 aromatic heterocycles. The van der Waals surface area contributed by atoms with Crippen LogP contribution in [-0.4, -0.2) is 27.0 Å². The second kappa shape index (κ2) is 6.45. The molecule has 0 radical (unpaired) electrons. The Hall–Kier alpha value is -0.720. The van der Waals surface area contributed by atoms with Gasteiger partial charge in [-0.1, -0.05) is 6.92 Å². The van der Waals surface area contributed by atoms with Crippen molar-refractivity contribution in [2.45, 2.75) is 18.7 Å². The molecule has 3 N–H and O–H groups in total. The molecular weight excluding hydrogens is 268 g/mol. The maximum Gasteiger partial charge on any atom is 0.240 e. The van der Waals surface area contributed by atoms with Crippen molar-refractivity contribution >= 4 is 27.5 Å². The van der Waals surface area contributed by atoms with E-state index in [0.29, 0.717) is 18.2 Å². The van der Waals surface area contributed by atoms with E-state index in [1.807, 2.05) is 20.1 Å². The van der Waals surface area contributed by atoms with E-state index in [0.717, 1.165) is 11.3 Å². The second-order valence-corrected chi connectivity index (χ2v) is 7.17. The van der Waals surface area contributed by atoms with Crippen molar-refractivity contribution in [3.63, 3.8) is 0 Å². The minimum atomic E-state index is -3.46. The van der Waals surface area contributed by atoms with Gasteiger partial charge in [-0.3, -0.25) is 0 Å². The molecule has 0 aliphatic carbocycles. The average Bonchev–Trinajstić information content (AvgIpc) is 2.26. The molecule has 18 heavy (non-hydrogen) atoms. The van der Waals surface area contributed by atoms with Crippen molar-refractivity contribution in [3.8, 4) is 0 Å². The van der Waals surface area contributed by atoms with E-state index in [9.17, 15) is 8.42 Å². The Balaban J connectivity index is 2.80. The molecule has 0 fully saturated rings. The van der Waals surface area contributed by atoms with Gasteiger partial charge in [0.05, 0.1) is 4.90 Å². The molecule has 0 saturated heterocycles. The van der Waals surface area contributed by atoms with Crippen LogP contribution < -0.4 is 10.5 Å². The highest BCUT2D eigenvalue weighted by molar-refractivity contribution is 7.98. The second-order valence-electron chi connectivity index (χ2n) is 4.49. The molecule has 0 heterocycles. The topological polar surface area (TPSA) is 72.2 Å². The van der Waals surface area contributed by atoms with Gasteiger partial charge in [0, 0.05) is 12.2 Å². The summed E-state index contributed by atoms with van der Waals surface area (Å²) in [7, 11) is -3.46. The Kier molecular flexibility index (Phi) is 5.49. The van der Waals surface area contributed by atoms with Gasteiger partial charge < -0.3 is 5.73 Å². The van der Waals surface area contributed by atoms with Gasteiger partial charge in [0.15, 0.2) is 0 Å². The van der Waals surface area contributed by atoms with Crippen LogP contribution in [-0.2, 0) is 10.0 Å². The van der Waals surface area contributed by atoms with Crippen molar-refractivity contribution in [3.05, 3.63) is 23.8 Å². The number of anilines is 1. The van der Waals surface area contributed by atoms with Gasteiger partial charge >= 0.3 is 0 Å². The van der Waals surface area contributed by atoms with Gasteiger partial charge in [0.25, 0.3) is 0 Å². The van der Waals surface area contributed by atoms with Crippen molar-refractivity contribution < 1.29 is 8.42 Å². The number of nitrogens with two attached hydrogens (primary N) is 1. The molecule has 1 aromatic rings. The Morgan fingerprint density at radius 2 is 2.06 bits per heavy atom. The summed E-state index contributed by atoms with van der Waals surface area (Å²) < 4.78 is 26.8. The van der Waals surface area contributed by atoms with Crippen LogP contribution in [0.4, 0.5) is 5.69 Å². The summed E-state index contributed by atoms with van der Waals surface area (Å²) in [5, 5.41) is 0. The van der Waals surface area contributed by atoms with Gasteiger partial charge in [-0.05, 0) is 48.6 Å². The first-order valence-corrected chi connectivity index (χ1v) is 8.58.